The minimum atomic E-state index is -0.118. The Hall–Kier alpha value is -3.17. The molecule has 3 aromatic carbocycles. The summed E-state index contributed by atoms with van der Waals surface area (Å²) in [7, 11) is 0. The molecule has 0 bridgehead atoms. The van der Waals surface area contributed by atoms with Gasteiger partial charge in [-0.15, -0.1) is 0 Å². The summed E-state index contributed by atoms with van der Waals surface area (Å²) < 4.78 is 1.63. The van der Waals surface area contributed by atoms with Crippen LogP contribution in [0, 0.1) is 0 Å². The van der Waals surface area contributed by atoms with Crippen molar-refractivity contribution in [3.05, 3.63) is 107 Å². The van der Waals surface area contributed by atoms with Gasteiger partial charge in [0.15, 0.2) is 0 Å². The van der Waals surface area contributed by atoms with Crippen LogP contribution in [0.15, 0.2) is 95.9 Å². The lowest BCUT2D eigenvalue weighted by Crippen LogP contribution is -2.23. The lowest BCUT2D eigenvalue weighted by atomic mass is 10.1. The largest absolute Gasteiger partial charge is 0.268 e. The van der Waals surface area contributed by atoms with Crippen LogP contribution in [-0.2, 0) is 0 Å². The normalized spacial score (nSPS) is 10.7. The molecule has 0 atom stereocenters. The van der Waals surface area contributed by atoms with Crippen molar-refractivity contribution in [3.8, 4) is 28.2 Å². The zero-order valence-corrected chi connectivity index (χ0v) is 14.6. The van der Waals surface area contributed by atoms with E-state index in [4.69, 9.17) is 11.6 Å². The van der Waals surface area contributed by atoms with Crippen LogP contribution < -0.4 is 5.56 Å². The minimum absolute atomic E-state index is 0.118. The molecule has 0 fully saturated rings. The van der Waals surface area contributed by atoms with Crippen LogP contribution in [0.3, 0.4) is 0 Å². The fourth-order valence-corrected chi connectivity index (χ4v) is 3.02. The van der Waals surface area contributed by atoms with Gasteiger partial charge in [0.2, 0.25) is 0 Å². The molecule has 126 valence electrons. The molecule has 4 rings (SSSR count). The third kappa shape index (κ3) is 3.05. The number of aromatic nitrogens is 2. The van der Waals surface area contributed by atoms with E-state index in [-0.39, 0.29) is 5.56 Å². The molecule has 3 nitrogen and oxygen atoms in total. The average molecular weight is 359 g/mol. The van der Waals surface area contributed by atoms with Crippen molar-refractivity contribution in [1.29, 1.82) is 0 Å². The summed E-state index contributed by atoms with van der Waals surface area (Å²) in [4.78, 5) is 18.0. The Bertz CT molecular complexity index is 1090. The van der Waals surface area contributed by atoms with Crippen LogP contribution in [0.5, 0.6) is 0 Å². The summed E-state index contributed by atoms with van der Waals surface area (Å²) >= 11 is 6.02. The molecule has 1 aromatic heterocycles. The van der Waals surface area contributed by atoms with E-state index < -0.39 is 0 Å². The van der Waals surface area contributed by atoms with Crippen LogP contribution in [0.4, 0.5) is 0 Å². The first-order chi connectivity index (χ1) is 12.7. The maximum absolute atomic E-state index is 13.3. The van der Waals surface area contributed by atoms with E-state index in [1.54, 1.807) is 22.9 Å². The topological polar surface area (TPSA) is 34.9 Å². The zero-order valence-electron chi connectivity index (χ0n) is 13.8. The molecule has 0 amide bonds. The van der Waals surface area contributed by atoms with Gasteiger partial charge in [0.05, 0.1) is 11.3 Å². The molecular formula is C22H15ClN2O. The number of hydrogen-bond acceptors (Lipinski definition) is 2. The van der Waals surface area contributed by atoms with E-state index in [1.165, 1.54) is 0 Å². The lowest BCUT2D eigenvalue weighted by Gasteiger charge is -2.14. The van der Waals surface area contributed by atoms with E-state index >= 15 is 0 Å². The summed E-state index contributed by atoms with van der Waals surface area (Å²) in [6, 6.07) is 26.4. The molecular weight excluding hydrogens is 344 g/mol. The highest BCUT2D eigenvalue weighted by molar-refractivity contribution is 6.30. The summed E-state index contributed by atoms with van der Waals surface area (Å²) in [5, 5.41) is 0.621. The molecule has 26 heavy (non-hydrogen) atoms. The van der Waals surface area contributed by atoms with Gasteiger partial charge in [-0.2, -0.15) is 0 Å². The molecule has 0 aliphatic rings. The number of hydrogen-bond donors (Lipinski definition) is 0. The van der Waals surface area contributed by atoms with E-state index in [0.717, 1.165) is 16.8 Å². The van der Waals surface area contributed by atoms with Crippen molar-refractivity contribution in [2.45, 2.75) is 0 Å². The fraction of sp³-hybridized carbons (Fsp3) is 0. The van der Waals surface area contributed by atoms with Crippen LogP contribution in [-0.4, -0.2) is 9.55 Å². The summed E-state index contributed by atoms with van der Waals surface area (Å²) in [5.74, 6) is 0.595. The van der Waals surface area contributed by atoms with Gasteiger partial charge in [0.25, 0.3) is 5.56 Å². The van der Waals surface area contributed by atoms with Gasteiger partial charge in [-0.05, 0) is 29.8 Å². The molecule has 0 unspecified atom stereocenters. The van der Waals surface area contributed by atoms with Gasteiger partial charge in [-0.1, -0.05) is 72.3 Å². The van der Waals surface area contributed by atoms with Gasteiger partial charge >= 0.3 is 0 Å². The van der Waals surface area contributed by atoms with E-state index in [1.807, 2.05) is 72.8 Å². The first-order valence-electron chi connectivity index (χ1n) is 8.23. The van der Waals surface area contributed by atoms with Crippen LogP contribution in [0.2, 0.25) is 5.02 Å². The monoisotopic (exact) mass is 358 g/mol. The summed E-state index contributed by atoms with van der Waals surface area (Å²) in [6.07, 6.45) is 1.65. The summed E-state index contributed by atoms with van der Waals surface area (Å²) in [5.41, 5.74) is 2.88. The first kappa shape index (κ1) is 16.3. The second kappa shape index (κ2) is 6.98. The van der Waals surface area contributed by atoms with Gasteiger partial charge in [-0.3, -0.25) is 9.36 Å². The predicted molar refractivity (Wildman–Crippen MR) is 106 cm³/mol. The van der Waals surface area contributed by atoms with Gasteiger partial charge < -0.3 is 0 Å². The van der Waals surface area contributed by atoms with Gasteiger partial charge in [-0.25, -0.2) is 4.98 Å². The summed E-state index contributed by atoms with van der Waals surface area (Å²) in [6.45, 7) is 0. The lowest BCUT2D eigenvalue weighted by molar-refractivity contribution is 0.953. The SMILES string of the molecule is O=c1c(-c2ccccc2)cnc(-c2ccccc2)n1-c1ccc(Cl)cc1. The Morgan fingerprint density at radius 3 is 1.92 bits per heavy atom. The highest BCUT2D eigenvalue weighted by Crippen LogP contribution is 2.23. The number of halogens is 1. The third-order valence-corrected chi connectivity index (χ3v) is 4.41. The van der Waals surface area contributed by atoms with Crippen molar-refractivity contribution in [1.82, 2.24) is 9.55 Å². The van der Waals surface area contributed by atoms with E-state index in [0.29, 0.717) is 16.4 Å². The molecule has 4 aromatic rings. The van der Waals surface area contributed by atoms with Crippen molar-refractivity contribution >= 4 is 11.6 Å². The fourth-order valence-electron chi connectivity index (χ4n) is 2.89. The molecule has 0 spiro atoms. The minimum Gasteiger partial charge on any atom is -0.268 e. The Kier molecular flexibility index (Phi) is 4.38. The highest BCUT2D eigenvalue weighted by Gasteiger charge is 2.14. The molecule has 0 aliphatic heterocycles. The van der Waals surface area contributed by atoms with Crippen molar-refractivity contribution in [3.63, 3.8) is 0 Å². The van der Waals surface area contributed by atoms with Crippen LogP contribution >= 0.6 is 11.6 Å². The molecule has 0 saturated carbocycles. The second-order valence-electron chi connectivity index (χ2n) is 5.84. The van der Waals surface area contributed by atoms with Gasteiger partial charge in [0.1, 0.15) is 5.82 Å². The Balaban J connectivity index is 2.01. The molecule has 1 heterocycles. The number of rotatable bonds is 3. The molecule has 0 radical (unpaired) electrons. The zero-order chi connectivity index (χ0) is 17.9. The predicted octanol–water partition coefficient (Wildman–Crippen LogP) is 5.22. The average Bonchev–Trinajstić information content (AvgIpc) is 2.70. The van der Waals surface area contributed by atoms with Crippen LogP contribution in [0.1, 0.15) is 0 Å². The van der Waals surface area contributed by atoms with Crippen molar-refractivity contribution in [2.24, 2.45) is 0 Å². The highest BCUT2D eigenvalue weighted by atomic mass is 35.5. The molecule has 0 N–H and O–H groups in total. The second-order valence-corrected chi connectivity index (χ2v) is 6.28. The maximum atomic E-state index is 13.3. The van der Waals surface area contributed by atoms with Crippen molar-refractivity contribution in [2.75, 3.05) is 0 Å². The smallest absolute Gasteiger partial charge is 0.266 e. The number of nitrogens with zero attached hydrogens (tertiary/aromatic N) is 2. The molecule has 4 heteroatoms. The maximum Gasteiger partial charge on any atom is 0.266 e. The standard InChI is InChI=1S/C22H15ClN2O/c23-18-11-13-19(14-12-18)25-21(17-9-5-2-6-10-17)24-15-20(22(25)26)16-7-3-1-4-8-16/h1-15H. The Morgan fingerprint density at radius 1 is 0.731 bits per heavy atom. The Morgan fingerprint density at radius 2 is 1.31 bits per heavy atom. The van der Waals surface area contributed by atoms with E-state index in [2.05, 4.69) is 4.98 Å². The first-order valence-corrected chi connectivity index (χ1v) is 8.61. The van der Waals surface area contributed by atoms with Crippen molar-refractivity contribution < 1.29 is 0 Å². The van der Waals surface area contributed by atoms with Crippen LogP contribution in [0.25, 0.3) is 28.2 Å². The Labute approximate surface area is 156 Å². The quantitative estimate of drug-likeness (QED) is 0.503. The van der Waals surface area contributed by atoms with E-state index in [9.17, 15) is 4.79 Å². The number of benzene rings is 3. The third-order valence-electron chi connectivity index (χ3n) is 4.16. The van der Waals surface area contributed by atoms with Gasteiger partial charge in [0, 0.05) is 16.8 Å². The molecule has 0 saturated heterocycles. The molecule has 0 aliphatic carbocycles.